The molecule has 0 aromatic carbocycles. The molecule has 0 aliphatic carbocycles. The molecule has 0 rings (SSSR count). The molecule has 1 atom stereocenters. The van der Waals surface area contributed by atoms with Gasteiger partial charge in [0.15, 0.2) is 0 Å². The van der Waals surface area contributed by atoms with E-state index < -0.39 is 7.87 Å². The summed E-state index contributed by atoms with van der Waals surface area (Å²) in [6, 6.07) is 0. The van der Waals surface area contributed by atoms with Gasteiger partial charge in [-0.25, -0.2) is 0 Å². The third kappa shape index (κ3) is 5.31. The van der Waals surface area contributed by atoms with Crippen LogP contribution in [0.25, 0.3) is 0 Å². The van der Waals surface area contributed by atoms with E-state index >= 15 is 0 Å². The first kappa shape index (κ1) is 15.4. The SMILES string of the molecule is CCCC(OCC)[Si](Cl)(OCC)OCC. The molecule has 3 nitrogen and oxygen atoms in total. The minimum atomic E-state index is -2.67. The van der Waals surface area contributed by atoms with Gasteiger partial charge in [-0.15, -0.1) is 0 Å². The van der Waals surface area contributed by atoms with E-state index in [1.165, 1.54) is 0 Å². The van der Waals surface area contributed by atoms with Crippen molar-refractivity contribution in [2.75, 3.05) is 19.8 Å². The molecule has 0 N–H and O–H groups in total. The van der Waals surface area contributed by atoms with E-state index in [-0.39, 0.29) is 5.73 Å². The van der Waals surface area contributed by atoms with Gasteiger partial charge in [-0.1, -0.05) is 24.4 Å². The van der Waals surface area contributed by atoms with E-state index in [2.05, 4.69) is 6.92 Å². The molecule has 0 saturated heterocycles. The van der Waals surface area contributed by atoms with Crippen LogP contribution >= 0.6 is 11.1 Å². The van der Waals surface area contributed by atoms with Gasteiger partial charge in [-0.05, 0) is 27.2 Å². The third-order valence-electron chi connectivity index (χ3n) is 1.99. The van der Waals surface area contributed by atoms with Crippen LogP contribution in [-0.4, -0.2) is 33.4 Å². The summed E-state index contributed by atoms with van der Waals surface area (Å²) in [5, 5.41) is 0. The highest BCUT2D eigenvalue weighted by Crippen LogP contribution is 2.24. The van der Waals surface area contributed by atoms with E-state index in [1.807, 2.05) is 20.8 Å². The molecule has 0 bridgehead atoms. The minimum Gasteiger partial charge on any atom is -0.382 e. The first-order valence-corrected chi connectivity index (χ1v) is 8.63. The van der Waals surface area contributed by atoms with Crippen molar-refractivity contribution in [3.63, 3.8) is 0 Å². The second kappa shape index (κ2) is 8.53. The zero-order valence-electron chi connectivity index (χ0n) is 10.2. The highest BCUT2D eigenvalue weighted by atomic mass is 35.6. The van der Waals surface area contributed by atoms with E-state index in [4.69, 9.17) is 24.7 Å². The van der Waals surface area contributed by atoms with Gasteiger partial charge in [0.1, 0.15) is 5.73 Å². The Morgan fingerprint density at radius 3 is 1.87 bits per heavy atom. The number of rotatable bonds is 9. The lowest BCUT2D eigenvalue weighted by atomic mass is 10.3. The van der Waals surface area contributed by atoms with Gasteiger partial charge in [0.05, 0.1) is 0 Å². The van der Waals surface area contributed by atoms with Crippen molar-refractivity contribution in [3.05, 3.63) is 0 Å². The molecule has 0 amide bonds. The monoisotopic (exact) mass is 254 g/mol. The van der Waals surface area contributed by atoms with E-state index in [1.54, 1.807) is 0 Å². The van der Waals surface area contributed by atoms with Crippen LogP contribution in [-0.2, 0) is 13.6 Å². The van der Waals surface area contributed by atoms with Crippen LogP contribution in [0.1, 0.15) is 40.5 Å². The molecule has 0 aromatic heterocycles. The molecule has 0 saturated carbocycles. The molecule has 15 heavy (non-hydrogen) atoms. The van der Waals surface area contributed by atoms with Crippen molar-refractivity contribution >= 4 is 18.9 Å². The van der Waals surface area contributed by atoms with Crippen molar-refractivity contribution < 1.29 is 13.6 Å². The third-order valence-corrected chi connectivity index (χ3v) is 5.96. The van der Waals surface area contributed by atoms with Crippen LogP contribution in [0, 0.1) is 0 Å². The van der Waals surface area contributed by atoms with Gasteiger partial charge < -0.3 is 13.6 Å². The van der Waals surface area contributed by atoms with Crippen molar-refractivity contribution in [2.24, 2.45) is 0 Å². The fraction of sp³-hybridized carbons (Fsp3) is 1.00. The smallest absolute Gasteiger partial charge is 0.382 e. The number of halogens is 1. The molecule has 0 spiro atoms. The van der Waals surface area contributed by atoms with Gasteiger partial charge in [0, 0.05) is 19.8 Å². The summed E-state index contributed by atoms with van der Waals surface area (Å²) >= 11 is 6.43. The topological polar surface area (TPSA) is 27.7 Å². The van der Waals surface area contributed by atoms with Crippen molar-refractivity contribution in [3.8, 4) is 0 Å². The lowest BCUT2D eigenvalue weighted by molar-refractivity contribution is 0.0581. The molecular formula is C10H23ClO3Si. The molecule has 0 radical (unpaired) electrons. The molecule has 0 aromatic rings. The summed E-state index contributed by atoms with van der Waals surface area (Å²) < 4.78 is 16.8. The lowest BCUT2D eigenvalue weighted by Crippen LogP contribution is -2.50. The fourth-order valence-electron chi connectivity index (χ4n) is 1.44. The summed E-state index contributed by atoms with van der Waals surface area (Å²) in [4.78, 5) is 0. The van der Waals surface area contributed by atoms with Gasteiger partial charge in [0.25, 0.3) is 0 Å². The summed E-state index contributed by atoms with van der Waals surface area (Å²) in [5.74, 6) is 0. The van der Waals surface area contributed by atoms with Crippen LogP contribution in [0.4, 0.5) is 0 Å². The Labute approximate surface area is 99.0 Å². The second-order valence-electron chi connectivity index (χ2n) is 3.18. The largest absolute Gasteiger partial charge is 0.473 e. The van der Waals surface area contributed by atoms with Crippen molar-refractivity contribution in [1.29, 1.82) is 0 Å². The quantitative estimate of drug-likeness (QED) is 0.468. The highest BCUT2D eigenvalue weighted by molar-refractivity contribution is 7.13. The number of ether oxygens (including phenoxy) is 1. The Bertz CT molecular complexity index is 146. The predicted molar refractivity (Wildman–Crippen MR) is 65.2 cm³/mol. The Balaban J connectivity index is 4.48. The summed E-state index contributed by atoms with van der Waals surface area (Å²) in [6.45, 7) is 9.72. The van der Waals surface area contributed by atoms with E-state index in [0.717, 1.165) is 12.8 Å². The van der Waals surface area contributed by atoms with E-state index in [9.17, 15) is 0 Å². The maximum atomic E-state index is 6.43. The average molecular weight is 255 g/mol. The summed E-state index contributed by atoms with van der Waals surface area (Å²) in [7, 11) is -2.67. The maximum absolute atomic E-state index is 6.43. The Hall–Kier alpha value is 0.387. The van der Waals surface area contributed by atoms with E-state index in [0.29, 0.717) is 19.8 Å². The molecule has 1 unspecified atom stereocenters. The second-order valence-corrected chi connectivity index (χ2v) is 7.15. The molecule has 0 fully saturated rings. The zero-order chi connectivity index (χ0) is 11.7. The van der Waals surface area contributed by atoms with Gasteiger partial charge >= 0.3 is 7.87 Å². The van der Waals surface area contributed by atoms with Gasteiger partial charge in [-0.2, -0.15) is 0 Å². The van der Waals surface area contributed by atoms with Crippen LogP contribution < -0.4 is 0 Å². The first-order valence-electron chi connectivity index (χ1n) is 5.72. The van der Waals surface area contributed by atoms with Crippen LogP contribution in [0.3, 0.4) is 0 Å². The van der Waals surface area contributed by atoms with Crippen LogP contribution in [0.2, 0.25) is 0 Å². The van der Waals surface area contributed by atoms with Crippen LogP contribution in [0.15, 0.2) is 0 Å². The molecule has 5 heteroatoms. The first-order chi connectivity index (χ1) is 7.14. The maximum Gasteiger partial charge on any atom is 0.473 e. The summed E-state index contributed by atoms with van der Waals surface area (Å²) in [5.41, 5.74) is -0.0749. The zero-order valence-corrected chi connectivity index (χ0v) is 12.0. The van der Waals surface area contributed by atoms with Crippen molar-refractivity contribution in [2.45, 2.75) is 46.3 Å². The average Bonchev–Trinajstić information content (AvgIpc) is 2.18. The lowest BCUT2D eigenvalue weighted by Gasteiger charge is -2.30. The number of hydrogen-bond donors (Lipinski definition) is 0. The Morgan fingerprint density at radius 1 is 1.00 bits per heavy atom. The fourth-order valence-corrected chi connectivity index (χ4v) is 4.85. The highest BCUT2D eigenvalue weighted by Gasteiger charge is 2.45. The normalized spacial score (nSPS) is 14.2. The predicted octanol–water partition coefficient (Wildman–Crippen LogP) is 2.98. The molecule has 0 heterocycles. The van der Waals surface area contributed by atoms with Crippen LogP contribution in [0.5, 0.6) is 0 Å². The Kier molecular flexibility index (Phi) is 8.75. The van der Waals surface area contributed by atoms with Gasteiger partial charge in [0.2, 0.25) is 0 Å². The standard InChI is InChI=1S/C10H23ClO3Si/c1-5-9-10(12-6-2)15(11,13-7-3)14-8-4/h10H,5-9H2,1-4H3. The van der Waals surface area contributed by atoms with Gasteiger partial charge in [-0.3, -0.25) is 0 Å². The van der Waals surface area contributed by atoms with Crippen molar-refractivity contribution in [1.82, 2.24) is 0 Å². The Morgan fingerprint density at radius 2 is 1.53 bits per heavy atom. The molecule has 0 aliphatic heterocycles. The minimum absolute atomic E-state index is 0.0749. The molecule has 0 aliphatic rings. The molecular weight excluding hydrogens is 232 g/mol. The number of hydrogen-bond acceptors (Lipinski definition) is 3. The molecule has 92 valence electrons. The summed E-state index contributed by atoms with van der Waals surface area (Å²) in [6.07, 6.45) is 1.91.